The molecular weight excluding hydrogens is 438 g/mol. The van der Waals surface area contributed by atoms with Crippen LogP contribution >= 0.6 is 12.2 Å². The summed E-state index contributed by atoms with van der Waals surface area (Å²) in [5, 5.41) is 8.97. The number of aromatic nitrogens is 4. The zero-order chi connectivity index (χ0) is 22.6. The summed E-state index contributed by atoms with van der Waals surface area (Å²) >= 11 is 5.91. The number of aryl methyl sites for hydroxylation is 1. The number of rotatable bonds is 7. The number of benzene rings is 1. The summed E-state index contributed by atoms with van der Waals surface area (Å²) < 4.78 is 15.8. The van der Waals surface area contributed by atoms with E-state index < -0.39 is 0 Å². The molecule has 2 fully saturated rings. The molecule has 176 valence electrons. The average molecular weight is 470 g/mol. The van der Waals surface area contributed by atoms with Crippen LogP contribution in [0.5, 0.6) is 0 Å². The second-order valence-corrected chi connectivity index (χ2v) is 9.09. The lowest BCUT2D eigenvalue weighted by Gasteiger charge is -2.33. The third-order valence-corrected chi connectivity index (χ3v) is 6.67. The number of anilines is 1. The Morgan fingerprint density at radius 2 is 1.67 bits per heavy atom. The van der Waals surface area contributed by atoms with E-state index in [1.165, 1.54) is 5.56 Å². The van der Waals surface area contributed by atoms with Gasteiger partial charge in [-0.25, -0.2) is 4.68 Å². The van der Waals surface area contributed by atoms with E-state index >= 15 is 0 Å². The van der Waals surface area contributed by atoms with Gasteiger partial charge in [0.1, 0.15) is 0 Å². The van der Waals surface area contributed by atoms with Gasteiger partial charge >= 0.3 is 0 Å². The molecule has 2 saturated heterocycles. The Bertz CT molecular complexity index is 1100. The molecule has 1 aromatic carbocycles. The summed E-state index contributed by atoms with van der Waals surface area (Å²) in [7, 11) is 0. The van der Waals surface area contributed by atoms with Crippen molar-refractivity contribution < 1.29 is 9.26 Å². The van der Waals surface area contributed by atoms with E-state index in [-0.39, 0.29) is 0 Å². The fourth-order valence-corrected chi connectivity index (χ4v) is 4.66. The average Bonchev–Trinajstić information content (AvgIpc) is 3.39. The lowest BCUT2D eigenvalue weighted by molar-refractivity contribution is 0.0919. The maximum atomic E-state index is 5.91. The van der Waals surface area contributed by atoms with Crippen molar-refractivity contribution in [3.8, 4) is 0 Å². The molecule has 2 aliphatic rings. The third-order valence-electron chi connectivity index (χ3n) is 6.24. The molecule has 0 bridgehead atoms. The summed E-state index contributed by atoms with van der Waals surface area (Å²) in [4.78, 5) is 7.11. The molecule has 2 aliphatic heterocycles. The van der Waals surface area contributed by atoms with Crippen LogP contribution in [0, 0.1) is 11.7 Å². The normalized spacial score (nSPS) is 18.2. The number of ether oxygens (including phenoxy) is 1. The van der Waals surface area contributed by atoms with Crippen molar-refractivity contribution in [2.45, 2.75) is 26.7 Å². The van der Waals surface area contributed by atoms with Gasteiger partial charge in [0, 0.05) is 45.3 Å². The lowest BCUT2D eigenvalue weighted by Crippen LogP contribution is -2.46. The lowest BCUT2D eigenvalue weighted by atomic mass is 10.2. The van der Waals surface area contributed by atoms with E-state index in [1.807, 2.05) is 23.7 Å². The largest absolute Gasteiger partial charge is 0.378 e. The van der Waals surface area contributed by atoms with Gasteiger partial charge in [-0.3, -0.25) is 14.4 Å². The molecule has 0 unspecified atom stereocenters. The molecule has 5 rings (SSSR count). The summed E-state index contributed by atoms with van der Waals surface area (Å²) in [5.74, 6) is 1.87. The first kappa shape index (κ1) is 22.3. The van der Waals surface area contributed by atoms with Crippen LogP contribution in [-0.2, 0) is 24.5 Å². The van der Waals surface area contributed by atoms with Crippen molar-refractivity contribution in [1.82, 2.24) is 29.3 Å². The molecule has 0 N–H and O–H groups in total. The first-order valence-electron chi connectivity index (χ1n) is 11.6. The van der Waals surface area contributed by atoms with Crippen LogP contribution in [0.2, 0.25) is 0 Å². The summed E-state index contributed by atoms with van der Waals surface area (Å²) in [6.07, 6.45) is 0. The van der Waals surface area contributed by atoms with Gasteiger partial charge in [-0.05, 0) is 24.7 Å². The number of hydrogen-bond acceptors (Lipinski definition) is 8. The van der Waals surface area contributed by atoms with Crippen LogP contribution in [0.3, 0.4) is 0 Å². The van der Waals surface area contributed by atoms with Crippen LogP contribution in [0.4, 0.5) is 5.95 Å². The van der Waals surface area contributed by atoms with Crippen molar-refractivity contribution >= 4 is 18.2 Å². The molecule has 0 spiro atoms. The number of hydrogen-bond donors (Lipinski definition) is 0. The number of piperazine rings is 1. The second kappa shape index (κ2) is 10.2. The van der Waals surface area contributed by atoms with Gasteiger partial charge in [0.05, 0.1) is 38.7 Å². The molecule has 33 heavy (non-hydrogen) atoms. The smallest absolute Gasteiger partial charge is 0.226 e. The highest BCUT2D eigenvalue weighted by Gasteiger charge is 2.23. The Morgan fingerprint density at radius 1 is 0.939 bits per heavy atom. The monoisotopic (exact) mass is 469 g/mol. The summed E-state index contributed by atoms with van der Waals surface area (Å²) in [5.41, 5.74) is 2.15. The van der Waals surface area contributed by atoms with Crippen LogP contribution in [0.15, 0.2) is 40.9 Å². The van der Waals surface area contributed by atoms with Crippen molar-refractivity contribution in [3.63, 3.8) is 0 Å². The Balaban J connectivity index is 1.28. The van der Waals surface area contributed by atoms with E-state index in [1.54, 1.807) is 0 Å². The molecule has 10 heteroatoms. The van der Waals surface area contributed by atoms with Crippen molar-refractivity contribution in [1.29, 1.82) is 0 Å². The van der Waals surface area contributed by atoms with Crippen LogP contribution in [0.1, 0.15) is 17.0 Å². The number of morpholine rings is 1. The van der Waals surface area contributed by atoms with Gasteiger partial charge in [-0.1, -0.05) is 35.5 Å². The van der Waals surface area contributed by atoms with Crippen LogP contribution in [0.25, 0.3) is 0 Å². The molecule has 3 aromatic rings. The molecule has 2 aromatic heterocycles. The number of nitrogens with zero attached hydrogens (tertiary/aromatic N) is 7. The van der Waals surface area contributed by atoms with E-state index in [2.05, 4.69) is 48.7 Å². The van der Waals surface area contributed by atoms with Gasteiger partial charge in [-0.2, -0.15) is 0 Å². The zero-order valence-corrected chi connectivity index (χ0v) is 19.9. The fraction of sp³-hybridized carbons (Fsp3) is 0.522. The molecule has 4 heterocycles. The molecule has 0 saturated carbocycles. The third kappa shape index (κ3) is 5.35. The summed E-state index contributed by atoms with van der Waals surface area (Å²) in [6.45, 7) is 11.2. The van der Waals surface area contributed by atoms with Crippen molar-refractivity contribution in [2.24, 2.45) is 0 Å². The van der Waals surface area contributed by atoms with Crippen molar-refractivity contribution in [2.75, 3.05) is 57.4 Å². The summed E-state index contributed by atoms with van der Waals surface area (Å²) in [6, 6.07) is 12.5. The Kier molecular flexibility index (Phi) is 6.86. The van der Waals surface area contributed by atoms with Gasteiger partial charge in [0.15, 0.2) is 5.76 Å². The molecule has 9 nitrogen and oxygen atoms in total. The second-order valence-electron chi connectivity index (χ2n) is 8.72. The highest BCUT2D eigenvalue weighted by Crippen LogP contribution is 2.18. The minimum atomic E-state index is 0.702. The zero-order valence-electron chi connectivity index (χ0n) is 19.1. The van der Waals surface area contributed by atoms with Crippen LogP contribution < -0.4 is 4.90 Å². The molecule has 0 aliphatic carbocycles. The minimum Gasteiger partial charge on any atom is -0.378 e. The maximum Gasteiger partial charge on any atom is 0.226 e. The van der Waals surface area contributed by atoms with Gasteiger partial charge < -0.3 is 14.2 Å². The Morgan fingerprint density at radius 3 is 2.36 bits per heavy atom. The van der Waals surface area contributed by atoms with Crippen LogP contribution in [-0.4, -0.2) is 81.8 Å². The van der Waals surface area contributed by atoms with Gasteiger partial charge in [-0.15, -0.1) is 5.10 Å². The molecular formula is C23H31N7O2S. The highest BCUT2D eigenvalue weighted by atomic mass is 32.1. The minimum absolute atomic E-state index is 0.702. The molecule has 0 atom stereocenters. The quantitative estimate of drug-likeness (QED) is 0.489. The SMILES string of the molecule is Cc1cc(CN2CCN(Cn3nc(N4CCOCC4)n(Cc4ccccc4)c3=S)CC2)on1. The molecule has 0 radical (unpaired) electrons. The predicted octanol–water partition coefficient (Wildman–Crippen LogP) is 2.37. The van der Waals surface area contributed by atoms with Gasteiger partial charge in [0.2, 0.25) is 10.7 Å². The Labute approximate surface area is 199 Å². The van der Waals surface area contributed by atoms with E-state index in [4.69, 9.17) is 26.6 Å². The topological polar surface area (TPSA) is 67.7 Å². The highest BCUT2D eigenvalue weighted by molar-refractivity contribution is 7.71. The first-order valence-corrected chi connectivity index (χ1v) is 12.0. The Hall–Kier alpha value is -2.53. The molecule has 0 amide bonds. The fourth-order valence-electron chi connectivity index (χ4n) is 4.41. The van der Waals surface area contributed by atoms with E-state index in [9.17, 15) is 0 Å². The standard InChI is InChI=1S/C23H31N7O2S/c1-19-15-21(32-25-19)17-26-7-9-27(10-8-26)18-30-23(33)29(16-20-5-3-2-4-6-20)22(24-30)28-11-13-31-14-12-28/h2-6,15H,7-14,16-18H2,1H3. The van der Waals surface area contributed by atoms with E-state index in [0.717, 1.165) is 87.7 Å². The maximum absolute atomic E-state index is 5.91. The first-order chi connectivity index (χ1) is 16.2. The van der Waals surface area contributed by atoms with Gasteiger partial charge in [0.25, 0.3) is 0 Å². The van der Waals surface area contributed by atoms with E-state index in [0.29, 0.717) is 6.67 Å². The predicted molar refractivity (Wildman–Crippen MR) is 128 cm³/mol. The van der Waals surface area contributed by atoms with Crippen molar-refractivity contribution in [3.05, 3.63) is 58.2 Å².